The normalized spacial score (nSPS) is 10.6. The second-order valence-electron chi connectivity index (χ2n) is 5.77. The highest BCUT2D eigenvalue weighted by Crippen LogP contribution is 2.26. The molecule has 0 spiro atoms. The summed E-state index contributed by atoms with van der Waals surface area (Å²) in [6.07, 6.45) is 4.05. The van der Waals surface area contributed by atoms with Crippen molar-refractivity contribution in [3.63, 3.8) is 0 Å². The van der Waals surface area contributed by atoms with Crippen molar-refractivity contribution in [3.05, 3.63) is 89.1 Å². The highest BCUT2D eigenvalue weighted by Gasteiger charge is 2.16. The largest absolute Gasteiger partial charge is 0.438 e. The maximum Gasteiger partial charge on any atom is 0.267 e. The number of para-hydroxylation sites is 1. The summed E-state index contributed by atoms with van der Waals surface area (Å²) in [6.45, 7) is 0. The standard InChI is InChI=1S/C21H16ClN3O4/c22-15-9-10-18(14(13-15)8-11-19(26)25-28)24-20(27)17-7-4-12-23-21(17)29-16-5-2-1-3-6-16/h1-13,28H,(H,24,27)(H,25,26)/b11-8+. The first-order valence-corrected chi connectivity index (χ1v) is 8.85. The van der Waals surface area contributed by atoms with E-state index >= 15 is 0 Å². The molecule has 3 aromatic rings. The Hall–Kier alpha value is -3.68. The van der Waals surface area contributed by atoms with Crippen molar-refractivity contribution in [2.75, 3.05) is 5.32 Å². The lowest BCUT2D eigenvalue weighted by Gasteiger charge is -2.12. The summed E-state index contributed by atoms with van der Waals surface area (Å²) >= 11 is 6.01. The van der Waals surface area contributed by atoms with Gasteiger partial charge in [0.15, 0.2) is 0 Å². The summed E-state index contributed by atoms with van der Waals surface area (Å²) < 4.78 is 5.72. The lowest BCUT2D eigenvalue weighted by Crippen LogP contribution is -2.15. The monoisotopic (exact) mass is 409 g/mol. The quantitative estimate of drug-likeness (QED) is 0.320. The highest BCUT2D eigenvalue weighted by molar-refractivity contribution is 6.31. The fourth-order valence-electron chi connectivity index (χ4n) is 2.42. The first-order valence-electron chi connectivity index (χ1n) is 8.48. The minimum atomic E-state index is -0.715. The summed E-state index contributed by atoms with van der Waals surface area (Å²) in [5.41, 5.74) is 2.62. The van der Waals surface area contributed by atoms with Crippen LogP contribution in [0.4, 0.5) is 5.69 Å². The number of halogens is 1. The third-order valence-corrected chi connectivity index (χ3v) is 3.99. The van der Waals surface area contributed by atoms with E-state index < -0.39 is 11.8 Å². The Bertz CT molecular complexity index is 1050. The zero-order valence-electron chi connectivity index (χ0n) is 15.0. The first kappa shape index (κ1) is 20.1. The maximum absolute atomic E-state index is 12.8. The van der Waals surface area contributed by atoms with Gasteiger partial charge < -0.3 is 10.1 Å². The number of hydrogen-bond acceptors (Lipinski definition) is 5. The van der Waals surface area contributed by atoms with E-state index in [4.69, 9.17) is 21.5 Å². The smallest absolute Gasteiger partial charge is 0.267 e. The molecule has 2 aromatic carbocycles. The van der Waals surface area contributed by atoms with Crippen LogP contribution >= 0.6 is 11.6 Å². The molecule has 2 amide bonds. The molecule has 29 heavy (non-hydrogen) atoms. The number of pyridine rings is 1. The number of nitrogens with zero attached hydrogens (tertiary/aromatic N) is 1. The van der Waals surface area contributed by atoms with Crippen molar-refractivity contribution >= 4 is 35.2 Å². The maximum atomic E-state index is 12.8. The molecule has 1 aromatic heterocycles. The van der Waals surface area contributed by atoms with Gasteiger partial charge in [0.2, 0.25) is 5.88 Å². The number of carbonyl (C=O) groups is 2. The molecule has 0 saturated heterocycles. The van der Waals surface area contributed by atoms with Gasteiger partial charge in [-0.2, -0.15) is 0 Å². The zero-order valence-corrected chi connectivity index (χ0v) is 15.8. The van der Waals surface area contributed by atoms with E-state index in [-0.39, 0.29) is 11.4 Å². The van der Waals surface area contributed by atoms with Gasteiger partial charge in [-0.1, -0.05) is 29.8 Å². The molecule has 0 saturated carbocycles. The summed E-state index contributed by atoms with van der Waals surface area (Å²) in [6, 6.07) is 17.0. The van der Waals surface area contributed by atoms with E-state index in [0.29, 0.717) is 22.0 Å². The second-order valence-corrected chi connectivity index (χ2v) is 6.20. The zero-order chi connectivity index (χ0) is 20.6. The van der Waals surface area contributed by atoms with E-state index in [2.05, 4.69) is 10.3 Å². The van der Waals surface area contributed by atoms with E-state index in [0.717, 1.165) is 6.08 Å². The third kappa shape index (κ3) is 5.41. The predicted octanol–water partition coefficient (Wildman–Crippen LogP) is 4.30. The fraction of sp³-hybridized carbons (Fsp3) is 0. The molecule has 0 radical (unpaired) electrons. The van der Waals surface area contributed by atoms with Gasteiger partial charge in [-0.25, -0.2) is 10.5 Å². The molecule has 146 valence electrons. The topological polar surface area (TPSA) is 101 Å². The molecule has 1 heterocycles. The summed E-state index contributed by atoms with van der Waals surface area (Å²) in [4.78, 5) is 28.2. The molecule has 0 aliphatic heterocycles. The minimum absolute atomic E-state index is 0.155. The molecule has 0 bridgehead atoms. The number of hydroxylamine groups is 1. The van der Waals surface area contributed by atoms with Crippen molar-refractivity contribution in [1.82, 2.24) is 10.5 Å². The number of anilines is 1. The van der Waals surface area contributed by atoms with Crippen molar-refractivity contribution in [1.29, 1.82) is 0 Å². The number of ether oxygens (including phenoxy) is 1. The van der Waals surface area contributed by atoms with Crippen LogP contribution in [0, 0.1) is 0 Å². The van der Waals surface area contributed by atoms with E-state index in [1.54, 1.807) is 42.5 Å². The Morgan fingerprint density at radius 2 is 1.86 bits per heavy atom. The minimum Gasteiger partial charge on any atom is -0.438 e. The van der Waals surface area contributed by atoms with Crippen LogP contribution in [0.25, 0.3) is 6.08 Å². The Morgan fingerprint density at radius 1 is 1.07 bits per heavy atom. The molecular formula is C21H16ClN3O4. The summed E-state index contributed by atoms with van der Waals surface area (Å²) in [5, 5.41) is 11.8. The number of hydrogen-bond donors (Lipinski definition) is 3. The van der Waals surface area contributed by atoms with Gasteiger partial charge in [0, 0.05) is 23.0 Å². The molecule has 8 heteroatoms. The molecular weight excluding hydrogens is 394 g/mol. The number of rotatable bonds is 6. The Morgan fingerprint density at radius 3 is 2.62 bits per heavy atom. The lowest BCUT2D eigenvalue weighted by molar-refractivity contribution is -0.124. The van der Waals surface area contributed by atoms with Crippen LogP contribution in [-0.2, 0) is 4.79 Å². The number of carbonyl (C=O) groups excluding carboxylic acids is 2. The van der Waals surface area contributed by atoms with Gasteiger partial charge in [0.1, 0.15) is 11.3 Å². The molecule has 7 nitrogen and oxygen atoms in total. The van der Waals surface area contributed by atoms with Crippen LogP contribution in [-0.4, -0.2) is 22.0 Å². The summed E-state index contributed by atoms with van der Waals surface area (Å²) in [5.74, 6) is -0.465. The second kappa shape index (κ2) is 9.50. The summed E-state index contributed by atoms with van der Waals surface area (Å²) in [7, 11) is 0. The lowest BCUT2D eigenvalue weighted by atomic mass is 10.1. The molecule has 0 unspecified atom stereocenters. The number of amides is 2. The fourth-order valence-corrected chi connectivity index (χ4v) is 2.60. The number of benzene rings is 2. The Labute approximate surface area is 171 Å². The van der Waals surface area contributed by atoms with Gasteiger partial charge in [-0.15, -0.1) is 0 Å². The van der Waals surface area contributed by atoms with Gasteiger partial charge in [-0.3, -0.25) is 14.8 Å². The van der Waals surface area contributed by atoms with Gasteiger partial charge >= 0.3 is 0 Å². The third-order valence-electron chi connectivity index (χ3n) is 3.76. The van der Waals surface area contributed by atoms with Crippen molar-refractivity contribution < 1.29 is 19.5 Å². The van der Waals surface area contributed by atoms with Crippen LogP contribution in [0.1, 0.15) is 15.9 Å². The van der Waals surface area contributed by atoms with Crippen molar-refractivity contribution in [3.8, 4) is 11.6 Å². The van der Waals surface area contributed by atoms with E-state index in [1.165, 1.54) is 17.8 Å². The van der Waals surface area contributed by atoms with E-state index in [9.17, 15) is 9.59 Å². The van der Waals surface area contributed by atoms with Gasteiger partial charge in [0.25, 0.3) is 11.8 Å². The van der Waals surface area contributed by atoms with Gasteiger partial charge in [0.05, 0.1) is 0 Å². The van der Waals surface area contributed by atoms with Crippen LogP contribution in [0.3, 0.4) is 0 Å². The highest BCUT2D eigenvalue weighted by atomic mass is 35.5. The molecule has 0 atom stereocenters. The molecule has 3 N–H and O–H groups in total. The average molecular weight is 410 g/mol. The molecule has 0 aliphatic carbocycles. The van der Waals surface area contributed by atoms with Crippen LogP contribution < -0.4 is 15.5 Å². The molecule has 0 fully saturated rings. The van der Waals surface area contributed by atoms with Crippen LogP contribution in [0.15, 0.2) is 72.9 Å². The number of nitrogens with one attached hydrogen (secondary N) is 2. The molecule has 3 rings (SSSR count). The predicted molar refractivity (Wildman–Crippen MR) is 109 cm³/mol. The van der Waals surface area contributed by atoms with Crippen LogP contribution in [0.5, 0.6) is 11.6 Å². The SMILES string of the molecule is O=C(/C=C/c1cc(Cl)ccc1NC(=O)c1cccnc1Oc1ccccc1)NO. The van der Waals surface area contributed by atoms with E-state index in [1.807, 2.05) is 18.2 Å². The average Bonchev–Trinajstić information content (AvgIpc) is 2.74. The van der Waals surface area contributed by atoms with Gasteiger partial charge in [-0.05, 0) is 54.1 Å². The Balaban J connectivity index is 1.86. The number of aromatic nitrogens is 1. The van der Waals surface area contributed by atoms with Crippen molar-refractivity contribution in [2.45, 2.75) is 0 Å². The van der Waals surface area contributed by atoms with Crippen molar-refractivity contribution in [2.24, 2.45) is 0 Å². The van der Waals surface area contributed by atoms with Crippen LogP contribution in [0.2, 0.25) is 5.02 Å². The Kier molecular flexibility index (Phi) is 6.57. The first-order chi connectivity index (χ1) is 14.1. The molecule has 0 aliphatic rings.